The first kappa shape index (κ1) is 62.9. The topological polar surface area (TPSA) is 95.9 Å². The number of unbranched alkanes of at least 4 members (excludes halogenated alkanes) is 44. The van der Waals surface area contributed by atoms with Crippen molar-refractivity contribution in [3.8, 4) is 0 Å². The third-order valence-corrected chi connectivity index (χ3v) is 13.9. The van der Waals surface area contributed by atoms with E-state index in [1.165, 1.54) is 263 Å². The van der Waals surface area contributed by atoms with E-state index in [4.69, 9.17) is 4.74 Å². The average Bonchev–Trinajstić information content (AvgIpc) is 3.29. The molecular weight excluding hydrogens is 791 g/mol. The van der Waals surface area contributed by atoms with Crippen LogP contribution in [0.2, 0.25) is 0 Å². The van der Waals surface area contributed by atoms with Crippen molar-refractivity contribution in [3.63, 3.8) is 0 Å². The van der Waals surface area contributed by atoms with Crippen LogP contribution in [0, 0.1) is 0 Å². The van der Waals surface area contributed by atoms with Crippen molar-refractivity contribution in [2.24, 2.45) is 0 Å². The van der Waals surface area contributed by atoms with Gasteiger partial charge in [0.05, 0.1) is 25.4 Å². The molecule has 0 fully saturated rings. The molecule has 6 heteroatoms. The second-order valence-corrected chi connectivity index (χ2v) is 20.3. The molecule has 382 valence electrons. The number of carbonyl (C=O) groups excluding carboxylic acids is 2. The van der Waals surface area contributed by atoms with Crippen molar-refractivity contribution in [2.45, 2.75) is 347 Å². The Morgan fingerprint density at radius 1 is 0.375 bits per heavy atom. The van der Waals surface area contributed by atoms with Gasteiger partial charge in [0.2, 0.25) is 5.91 Å². The Hall–Kier alpha value is -1.14. The molecule has 0 spiro atoms. The van der Waals surface area contributed by atoms with Gasteiger partial charge in [0.1, 0.15) is 0 Å². The van der Waals surface area contributed by atoms with Gasteiger partial charge in [-0.2, -0.15) is 0 Å². The molecule has 0 aliphatic heterocycles. The van der Waals surface area contributed by atoms with Crippen LogP contribution in [-0.4, -0.2) is 47.4 Å². The van der Waals surface area contributed by atoms with E-state index in [0.29, 0.717) is 25.9 Å². The number of esters is 1. The molecule has 0 radical (unpaired) electrons. The van der Waals surface area contributed by atoms with Crippen molar-refractivity contribution in [3.05, 3.63) is 0 Å². The van der Waals surface area contributed by atoms with E-state index < -0.39 is 12.1 Å². The summed E-state index contributed by atoms with van der Waals surface area (Å²) >= 11 is 0. The van der Waals surface area contributed by atoms with Crippen molar-refractivity contribution < 1.29 is 24.5 Å². The number of carbonyl (C=O) groups is 2. The highest BCUT2D eigenvalue weighted by Crippen LogP contribution is 2.18. The minimum atomic E-state index is -0.667. The summed E-state index contributed by atoms with van der Waals surface area (Å²) in [5.41, 5.74) is 0. The highest BCUT2D eigenvalue weighted by Gasteiger charge is 2.20. The van der Waals surface area contributed by atoms with E-state index in [1.807, 2.05) is 0 Å². The Bertz CT molecular complexity index is 913. The molecule has 0 rings (SSSR count). The first-order chi connectivity index (χ1) is 31.5. The van der Waals surface area contributed by atoms with Crippen LogP contribution in [0.4, 0.5) is 0 Å². The van der Waals surface area contributed by atoms with Gasteiger partial charge in [-0.05, 0) is 25.7 Å². The molecule has 0 bridgehead atoms. The molecule has 1 amide bonds. The maximum absolute atomic E-state index is 12.5. The van der Waals surface area contributed by atoms with E-state index in [2.05, 4.69) is 19.2 Å². The van der Waals surface area contributed by atoms with Gasteiger partial charge >= 0.3 is 5.97 Å². The van der Waals surface area contributed by atoms with Crippen molar-refractivity contribution >= 4 is 11.9 Å². The van der Waals surface area contributed by atoms with Crippen molar-refractivity contribution in [2.75, 3.05) is 13.2 Å². The van der Waals surface area contributed by atoms with E-state index in [0.717, 1.165) is 38.5 Å². The lowest BCUT2D eigenvalue weighted by molar-refractivity contribution is -0.143. The third-order valence-electron chi connectivity index (χ3n) is 13.9. The molecule has 0 saturated heterocycles. The van der Waals surface area contributed by atoms with Crippen LogP contribution in [0.3, 0.4) is 0 Å². The van der Waals surface area contributed by atoms with Crippen LogP contribution in [0.15, 0.2) is 0 Å². The van der Waals surface area contributed by atoms with Crippen LogP contribution in [0.5, 0.6) is 0 Å². The quantitative estimate of drug-likeness (QED) is 0.0417. The van der Waals surface area contributed by atoms with Crippen LogP contribution in [0.25, 0.3) is 0 Å². The van der Waals surface area contributed by atoms with Crippen LogP contribution in [-0.2, 0) is 14.3 Å². The summed E-state index contributed by atoms with van der Waals surface area (Å²) in [6.07, 6.45) is 62.4. The molecule has 0 aromatic heterocycles. The molecular formula is C58H115NO5. The monoisotopic (exact) mass is 906 g/mol. The van der Waals surface area contributed by atoms with Gasteiger partial charge in [-0.3, -0.25) is 9.59 Å². The highest BCUT2D eigenvalue weighted by molar-refractivity contribution is 5.76. The average molecular weight is 907 g/mol. The lowest BCUT2D eigenvalue weighted by Gasteiger charge is -2.22. The van der Waals surface area contributed by atoms with Crippen LogP contribution < -0.4 is 5.32 Å². The van der Waals surface area contributed by atoms with Gasteiger partial charge in [-0.15, -0.1) is 0 Å². The molecule has 3 N–H and O–H groups in total. The molecule has 0 aliphatic rings. The SMILES string of the molecule is CCCCCCCCCCCCCCCCCCCCC(=O)OCCCCCCCCCCCCCCCCCCC(=O)NC(CO)C(O)CCCCCCCCCCCCCCC. The minimum Gasteiger partial charge on any atom is -0.466 e. The van der Waals surface area contributed by atoms with Crippen LogP contribution >= 0.6 is 0 Å². The summed E-state index contributed by atoms with van der Waals surface area (Å²) in [6.45, 7) is 4.96. The zero-order valence-electron chi connectivity index (χ0n) is 43.5. The number of aliphatic hydroxyl groups excluding tert-OH is 2. The van der Waals surface area contributed by atoms with Gasteiger partial charge in [-0.1, -0.05) is 296 Å². The molecule has 2 unspecified atom stereocenters. The van der Waals surface area contributed by atoms with E-state index in [1.54, 1.807) is 0 Å². The highest BCUT2D eigenvalue weighted by atomic mass is 16.5. The Morgan fingerprint density at radius 3 is 0.953 bits per heavy atom. The Labute approximate surface area is 400 Å². The molecule has 0 heterocycles. The Kier molecular flexibility index (Phi) is 53.5. The lowest BCUT2D eigenvalue weighted by atomic mass is 10.0. The normalized spacial score (nSPS) is 12.5. The maximum atomic E-state index is 12.5. The second-order valence-electron chi connectivity index (χ2n) is 20.3. The van der Waals surface area contributed by atoms with Crippen molar-refractivity contribution in [1.29, 1.82) is 0 Å². The number of ether oxygens (including phenoxy) is 1. The number of nitrogens with one attached hydrogen (secondary N) is 1. The van der Waals surface area contributed by atoms with Gasteiger partial charge in [0, 0.05) is 12.8 Å². The number of hydrogen-bond acceptors (Lipinski definition) is 5. The lowest BCUT2D eigenvalue weighted by Crippen LogP contribution is -2.45. The first-order valence-corrected chi connectivity index (χ1v) is 29.3. The fraction of sp³-hybridized carbons (Fsp3) is 0.966. The third kappa shape index (κ3) is 50.3. The standard InChI is InChI=1S/C58H115NO5/c1-3-5-7-9-11-13-15-17-18-19-20-24-28-32-36-40-44-48-52-58(63)64-53-49-45-41-37-33-29-25-22-21-23-27-31-35-39-43-47-51-57(62)59-55(54-60)56(61)50-46-42-38-34-30-26-16-14-12-10-8-6-4-2/h55-56,60-61H,3-54H2,1-2H3,(H,59,62). The number of rotatable bonds is 55. The van der Waals surface area contributed by atoms with E-state index >= 15 is 0 Å². The van der Waals surface area contributed by atoms with Gasteiger partial charge < -0.3 is 20.3 Å². The van der Waals surface area contributed by atoms with Gasteiger partial charge in [-0.25, -0.2) is 0 Å². The largest absolute Gasteiger partial charge is 0.466 e. The summed E-state index contributed by atoms with van der Waals surface area (Å²) in [5, 5.41) is 23.2. The molecule has 0 saturated carbocycles. The number of hydrogen-bond donors (Lipinski definition) is 3. The smallest absolute Gasteiger partial charge is 0.305 e. The predicted octanol–water partition coefficient (Wildman–Crippen LogP) is 17.9. The predicted molar refractivity (Wildman–Crippen MR) is 278 cm³/mol. The minimum absolute atomic E-state index is 0.00844. The zero-order chi connectivity index (χ0) is 46.5. The Balaban J connectivity index is 3.37. The van der Waals surface area contributed by atoms with Crippen molar-refractivity contribution in [1.82, 2.24) is 5.32 Å². The summed E-state index contributed by atoms with van der Waals surface area (Å²) in [6, 6.07) is -0.544. The van der Waals surface area contributed by atoms with E-state index in [9.17, 15) is 19.8 Å². The zero-order valence-corrected chi connectivity index (χ0v) is 43.5. The molecule has 0 aromatic carbocycles. The molecule has 0 aliphatic carbocycles. The fourth-order valence-corrected chi connectivity index (χ4v) is 9.41. The molecule has 6 nitrogen and oxygen atoms in total. The fourth-order valence-electron chi connectivity index (χ4n) is 9.41. The number of aliphatic hydroxyl groups is 2. The number of amides is 1. The first-order valence-electron chi connectivity index (χ1n) is 29.3. The summed E-state index contributed by atoms with van der Waals surface area (Å²) in [7, 11) is 0. The second kappa shape index (κ2) is 54.5. The summed E-state index contributed by atoms with van der Waals surface area (Å²) < 4.78 is 5.49. The molecule has 2 atom stereocenters. The molecule has 64 heavy (non-hydrogen) atoms. The van der Waals surface area contributed by atoms with Gasteiger partial charge in [0.15, 0.2) is 0 Å². The van der Waals surface area contributed by atoms with Crippen LogP contribution in [0.1, 0.15) is 335 Å². The van der Waals surface area contributed by atoms with Gasteiger partial charge in [0.25, 0.3) is 0 Å². The Morgan fingerprint density at radius 2 is 0.641 bits per heavy atom. The summed E-state index contributed by atoms with van der Waals surface area (Å²) in [4.78, 5) is 24.5. The van der Waals surface area contributed by atoms with E-state index in [-0.39, 0.29) is 18.5 Å². The maximum Gasteiger partial charge on any atom is 0.305 e. The molecule has 0 aromatic rings. The summed E-state index contributed by atoms with van der Waals surface area (Å²) in [5.74, 6) is -0.0312.